The summed E-state index contributed by atoms with van der Waals surface area (Å²) >= 11 is 0. The summed E-state index contributed by atoms with van der Waals surface area (Å²) in [6.07, 6.45) is 7.87. The van der Waals surface area contributed by atoms with Gasteiger partial charge in [0.2, 0.25) is 0 Å². The van der Waals surface area contributed by atoms with Crippen molar-refractivity contribution in [3.63, 3.8) is 0 Å². The van der Waals surface area contributed by atoms with Gasteiger partial charge in [0.15, 0.2) is 0 Å². The van der Waals surface area contributed by atoms with Crippen LogP contribution in [-0.4, -0.2) is 9.38 Å². The van der Waals surface area contributed by atoms with E-state index in [1.165, 1.54) is 0 Å². The highest BCUT2D eigenvalue weighted by molar-refractivity contribution is 5.43. The van der Waals surface area contributed by atoms with E-state index in [2.05, 4.69) is 17.1 Å². The smallest absolute Gasteiger partial charge is 0.136 e. The molecule has 2 aromatic rings. The van der Waals surface area contributed by atoms with Crippen LogP contribution in [0.4, 0.5) is 0 Å². The summed E-state index contributed by atoms with van der Waals surface area (Å²) in [4.78, 5) is 15.4. The Kier molecular flexibility index (Phi) is 2.78. The maximum Gasteiger partial charge on any atom is 0.136 e. The van der Waals surface area contributed by atoms with E-state index in [-0.39, 0.29) is 11.8 Å². The normalized spacial score (nSPS) is 23.1. The van der Waals surface area contributed by atoms with Gasteiger partial charge >= 0.3 is 0 Å². The van der Waals surface area contributed by atoms with Gasteiger partial charge in [0, 0.05) is 18.3 Å². The Morgan fingerprint density at radius 1 is 1.37 bits per heavy atom. The van der Waals surface area contributed by atoms with Crippen molar-refractivity contribution in [2.24, 2.45) is 11.1 Å². The fraction of sp³-hybridized carbons (Fsp3) is 0.267. The maximum atomic E-state index is 10.7. The number of hydrogen-bond donors (Lipinski definition) is 0. The summed E-state index contributed by atoms with van der Waals surface area (Å²) in [6.45, 7) is 4.08. The molecule has 0 N–H and O–H groups in total. The molecule has 4 nitrogen and oxygen atoms in total. The highest BCUT2D eigenvalue weighted by Gasteiger charge is 2.25. The first-order chi connectivity index (χ1) is 9.20. The van der Waals surface area contributed by atoms with Gasteiger partial charge in [-0.25, -0.2) is 4.98 Å². The molecule has 0 fully saturated rings. The molecule has 0 aromatic carbocycles. The van der Waals surface area contributed by atoms with Gasteiger partial charge in [0.25, 0.3) is 0 Å². The molecule has 1 aliphatic rings. The zero-order valence-corrected chi connectivity index (χ0v) is 10.9. The topological polar surface area (TPSA) is 46.7 Å². The second kappa shape index (κ2) is 4.46. The first-order valence-corrected chi connectivity index (χ1v) is 6.36. The Bertz CT molecular complexity index is 663. The van der Waals surface area contributed by atoms with Gasteiger partial charge in [-0.3, -0.25) is 0 Å². The standard InChI is InChI=1S/C15H15N3O/c1-10-11(2)13(17-19)7-6-12(10)14-9-18-8-4-3-5-15(18)16-14/h3-10,12H,1-2H3. The third-order valence-corrected chi connectivity index (χ3v) is 3.91. The molecule has 3 rings (SSSR count). The van der Waals surface area contributed by atoms with Crippen molar-refractivity contribution in [2.75, 3.05) is 0 Å². The van der Waals surface area contributed by atoms with Crippen LogP contribution in [-0.2, 0) is 0 Å². The summed E-state index contributed by atoms with van der Waals surface area (Å²) in [6, 6.07) is 5.95. The third kappa shape index (κ3) is 1.89. The summed E-state index contributed by atoms with van der Waals surface area (Å²) in [7, 11) is 0. The largest absolute Gasteiger partial charge is 0.307 e. The summed E-state index contributed by atoms with van der Waals surface area (Å²) in [5.74, 6) is 0.438. The number of allylic oxidation sites excluding steroid dienone is 3. The van der Waals surface area contributed by atoms with Crippen LogP contribution in [0.25, 0.3) is 5.65 Å². The third-order valence-electron chi connectivity index (χ3n) is 3.91. The van der Waals surface area contributed by atoms with Gasteiger partial charge < -0.3 is 4.40 Å². The molecule has 96 valence electrons. The van der Waals surface area contributed by atoms with Gasteiger partial charge in [-0.15, -0.1) is 4.91 Å². The molecule has 0 spiro atoms. The molecular formula is C15H15N3O. The van der Waals surface area contributed by atoms with E-state index >= 15 is 0 Å². The van der Waals surface area contributed by atoms with Gasteiger partial charge in [-0.1, -0.05) is 19.1 Å². The Hall–Kier alpha value is -2.23. The van der Waals surface area contributed by atoms with E-state index in [9.17, 15) is 4.91 Å². The number of nitrogens with zero attached hydrogens (tertiary/aromatic N) is 3. The zero-order valence-electron chi connectivity index (χ0n) is 10.9. The van der Waals surface area contributed by atoms with Crippen LogP contribution in [0.2, 0.25) is 0 Å². The van der Waals surface area contributed by atoms with Crippen molar-refractivity contribution in [3.8, 4) is 0 Å². The van der Waals surface area contributed by atoms with Crippen molar-refractivity contribution in [1.82, 2.24) is 9.38 Å². The molecule has 0 amide bonds. The van der Waals surface area contributed by atoms with Crippen molar-refractivity contribution in [3.05, 3.63) is 64.6 Å². The van der Waals surface area contributed by atoms with E-state index in [1.807, 2.05) is 48.0 Å². The highest BCUT2D eigenvalue weighted by Crippen LogP contribution is 2.36. The van der Waals surface area contributed by atoms with Gasteiger partial charge in [0.05, 0.1) is 5.69 Å². The number of imidazole rings is 1. The lowest BCUT2D eigenvalue weighted by molar-refractivity contribution is 0.581. The predicted molar refractivity (Wildman–Crippen MR) is 74.7 cm³/mol. The second-order valence-electron chi connectivity index (χ2n) is 4.96. The second-order valence-corrected chi connectivity index (χ2v) is 4.96. The molecule has 2 heterocycles. The molecule has 2 atom stereocenters. The number of nitroso groups, excluding NO2 is 1. The molecule has 0 saturated heterocycles. The fourth-order valence-electron chi connectivity index (χ4n) is 2.57. The molecular weight excluding hydrogens is 238 g/mol. The lowest BCUT2D eigenvalue weighted by Crippen LogP contribution is -2.13. The Labute approximate surface area is 111 Å². The molecule has 19 heavy (non-hydrogen) atoms. The minimum atomic E-state index is 0.199. The van der Waals surface area contributed by atoms with Gasteiger partial charge in [-0.2, -0.15) is 0 Å². The molecule has 0 bridgehead atoms. The van der Waals surface area contributed by atoms with E-state index in [0.717, 1.165) is 16.9 Å². The number of fused-ring (bicyclic) bond motifs is 1. The summed E-state index contributed by atoms with van der Waals surface area (Å²) in [5.41, 5.74) is 3.55. The van der Waals surface area contributed by atoms with E-state index < -0.39 is 0 Å². The summed E-state index contributed by atoms with van der Waals surface area (Å²) < 4.78 is 2.02. The molecule has 2 unspecified atom stereocenters. The van der Waals surface area contributed by atoms with Crippen molar-refractivity contribution < 1.29 is 0 Å². The molecule has 2 aromatic heterocycles. The highest BCUT2D eigenvalue weighted by atomic mass is 16.3. The number of hydrogen-bond acceptors (Lipinski definition) is 3. The number of rotatable bonds is 2. The SMILES string of the molecule is CC1=C(N=O)C=CC(c2cn3ccccc3n2)C1C. The van der Waals surface area contributed by atoms with E-state index in [1.54, 1.807) is 6.08 Å². The van der Waals surface area contributed by atoms with Crippen LogP contribution in [0.3, 0.4) is 0 Å². The van der Waals surface area contributed by atoms with Crippen LogP contribution in [0, 0.1) is 10.8 Å². The average molecular weight is 253 g/mol. The molecule has 0 aliphatic heterocycles. The quantitative estimate of drug-likeness (QED) is 0.767. The average Bonchev–Trinajstić information content (AvgIpc) is 2.85. The lowest BCUT2D eigenvalue weighted by Gasteiger charge is -2.24. The van der Waals surface area contributed by atoms with Crippen LogP contribution in [0.15, 0.2) is 59.2 Å². The maximum absolute atomic E-state index is 10.7. The Morgan fingerprint density at radius 3 is 2.95 bits per heavy atom. The number of aromatic nitrogens is 2. The monoisotopic (exact) mass is 253 g/mol. The zero-order chi connectivity index (χ0) is 13.4. The molecule has 0 saturated carbocycles. The van der Waals surface area contributed by atoms with Crippen molar-refractivity contribution in [1.29, 1.82) is 0 Å². The van der Waals surface area contributed by atoms with Gasteiger partial charge in [-0.05, 0) is 41.8 Å². The van der Waals surface area contributed by atoms with Crippen LogP contribution < -0.4 is 0 Å². The number of pyridine rings is 1. The van der Waals surface area contributed by atoms with Crippen LogP contribution in [0.5, 0.6) is 0 Å². The van der Waals surface area contributed by atoms with Crippen molar-refractivity contribution >= 4 is 5.65 Å². The first-order valence-electron chi connectivity index (χ1n) is 6.36. The Balaban J connectivity index is 2.02. The Morgan fingerprint density at radius 2 is 2.21 bits per heavy atom. The minimum Gasteiger partial charge on any atom is -0.307 e. The fourth-order valence-corrected chi connectivity index (χ4v) is 2.57. The molecule has 0 radical (unpaired) electrons. The lowest BCUT2D eigenvalue weighted by atomic mass is 9.81. The van der Waals surface area contributed by atoms with Gasteiger partial charge in [0.1, 0.15) is 11.3 Å². The molecule has 1 aliphatic carbocycles. The predicted octanol–water partition coefficient (Wildman–Crippen LogP) is 3.66. The van der Waals surface area contributed by atoms with Crippen LogP contribution >= 0.6 is 0 Å². The van der Waals surface area contributed by atoms with E-state index in [4.69, 9.17) is 0 Å². The molecule has 4 heteroatoms. The van der Waals surface area contributed by atoms with Crippen molar-refractivity contribution in [2.45, 2.75) is 19.8 Å². The summed E-state index contributed by atoms with van der Waals surface area (Å²) in [5, 5.41) is 3.07. The minimum absolute atomic E-state index is 0.199. The van der Waals surface area contributed by atoms with E-state index in [0.29, 0.717) is 5.70 Å². The first kappa shape index (κ1) is 11.8. The van der Waals surface area contributed by atoms with Crippen LogP contribution in [0.1, 0.15) is 25.5 Å².